The molecular weight excluding hydrogens is 307 g/mol. The number of carbonyl (C=O) groups excluding carboxylic acids is 1. The molecule has 1 aromatic heterocycles. The van der Waals surface area contributed by atoms with Crippen molar-refractivity contribution in [1.29, 1.82) is 0 Å². The summed E-state index contributed by atoms with van der Waals surface area (Å²) in [6.45, 7) is 0. The summed E-state index contributed by atoms with van der Waals surface area (Å²) >= 11 is 4.47. The summed E-state index contributed by atoms with van der Waals surface area (Å²) in [6.07, 6.45) is 0. The first-order chi connectivity index (χ1) is 8.08. The molecule has 0 radical (unpaired) electrons. The van der Waals surface area contributed by atoms with Gasteiger partial charge in [0.2, 0.25) is 0 Å². The number of anilines is 2. The van der Waals surface area contributed by atoms with Crippen LogP contribution in [0.5, 0.6) is 0 Å². The van der Waals surface area contributed by atoms with E-state index in [1.807, 2.05) is 0 Å². The molecule has 0 fully saturated rings. The number of amides is 1. The van der Waals surface area contributed by atoms with Crippen LogP contribution in [0, 0.1) is 5.82 Å². The summed E-state index contributed by atoms with van der Waals surface area (Å²) in [6, 6.07) is 5.73. The van der Waals surface area contributed by atoms with Crippen LogP contribution in [0.15, 0.2) is 34.1 Å². The van der Waals surface area contributed by atoms with E-state index in [0.29, 0.717) is 20.7 Å². The van der Waals surface area contributed by atoms with E-state index in [1.165, 1.54) is 29.5 Å². The van der Waals surface area contributed by atoms with E-state index in [0.717, 1.165) is 0 Å². The first-order valence-electron chi connectivity index (χ1n) is 4.67. The monoisotopic (exact) mass is 314 g/mol. The topological polar surface area (TPSA) is 55.1 Å². The Morgan fingerprint density at radius 1 is 1.41 bits per heavy atom. The molecule has 88 valence electrons. The lowest BCUT2D eigenvalue weighted by molar-refractivity contribution is 0.103. The van der Waals surface area contributed by atoms with Crippen molar-refractivity contribution in [2.75, 3.05) is 11.1 Å². The lowest BCUT2D eigenvalue weighted by atomic mass is 10.3. The number of nitrogens with one attached hydrogen (secondary N) is 1. The number of hydrogen-bond donors (Lipinski definition) is 2. The van der Waals surface area contributed by atoms with Crippen LogP contribution in [0.3, 0.4) is 0 Å². The second kappa shape index (κ2) is 4.85. The molecule has 0 saturated carbocycles. The number of benzene rings is 1. The number of nitrogen functional groups attached to an aromatic ring is 1. The van der Waals surface area contributed by atoms with Crippen molar-refractivity contribution < 1.29 is 9.18 Å². The van der Waals surface area contributed by atoms with Crippen LogP contribution in [0.1, 0.15) is 9.67 Å². The van der Waals surface area contributed by atoms with Gasteiger partial charge in [-0.2, -0.15) is 0 Å². The molecule has 0 bridgehead atoms. The normalized spacial score (nSPS) is 10.2. The molecule has 0 saturated heterocycles. The van der Waals surface area contributed by atoms with Crippen LogP contribution in [-0.4, -0.2) is 5.91 Å². The zero-order valence-corrected chi connectivity index (χ0v) is 10.9. The van der Waals surface area contributed by atoms with Crippen molar-refractivity contribution in [3.8, 4) is 0 Å². The van der Waals surface area contributed by atoms with Crippen molar-refractivity contribution >= 4 is 44.5 Å². The van der Waals surface area contributed by atoms with Crippen molar-refractivity contribution in [2.45, 2.75) is 0 Å². The minimum atomic E-state index is -0.414. The molecule has 0 aliphatic carbocycles. The van der Waals surface area contributed by atoms with Crippen LogP contribution in [0.4, 0.5) is 15.8 Å². The van der Waals surface area contributed by atoms with E-state index >= 15 is 0 Å². The van der Waals surface area contributed by atoms with Crippen LogP contribution >= 0.6 is 27.3 Å². The fraction of sp³-hybridized carbons (Fsp3) is 0. The first kappa shape index (κ1) is 12.1. The average molecular weight is 315 g/mol. The second-order valence-corrected chi connectivity index (χ2v) is 5.05. The van der Waals surface area contributed by atoms with Crippen LogP contribution in [0.2, 0.25) is 0 Å². The third-order valence-electron chi connectivity index (χ3n) is 2.08. The molecule has 0 aliphatic rings. The number of hydrogen-bond acceptors (Lipinski definition) is 3. The van der Waals surface area contributed by atoms with Crippen molar-refractivity contribution in [1.82, 2.24) is 0 Å². The van der Waals surface area contributed by atoms with Gasteiger partial charge in [-0.05, 0) is 45.6 Å². The van der Waals surface area contributed by atoms with Gasteiger partial charge in [0, 0.05) is 4.47 Å². The summed E-state index contributed by atoms with van der Waals surface area (Å²) < 4.78 is 13.6. The number of halogens is 2. The SMILES string of the molecule is Nc1ccsc1C(=O)Nc1cc(F)ccc1Br. The fourth-order valence-corrected chi connectivity index (χ4v) is 2.33. The van der Waals surface area contributed by atoms with Gasteiger partial charge in [0.25, 0.3) is 5.91 Å². The fourth-order valence-electron chi connectivity index (χ4n) is 1.28. The second-order valence-electron chi connectivity index (χ2n) is 3.28. The molecule has 2 aromatic rings. The molecule has 1 heterocycles. The molecule has 3 nitrogen and oxygen atoms in total. The van der Waals surface area contributed by atoms with E-state index in [1.54, 1.807) is 11.4 Å². The lowest BCUT2D eigenvalue weighted by Crippen LogP contribution is -2.12. The summed E-state index contributed by atoms with van der Waals surface area (Å²) in [5.41, 5.74) is 6.42. The Bertz CT molecular complexity index is 570. The summed E-state index contributed by atoms with van der Waals surface area (Å²) in [4.78, 5) is 12.3. The van der Waals surface area contributed by atoms with E-state index in [2.05, 4.69) is 21.2 Å². The minimum Gasteiger partial charge on any atom is -0.397 e. The number of carbonyl (C=O) groups is 1. The Hall–Kier alpha value is -1.40. The summed E-state index contributed by atoms with van der Waals surface area (Å²) in [5, 5.41) is 4.33. The Kier molecular flexibility index (Phi) is 3.44. The van der Waals surface area contributed by atoms with Gasteiger partial charge in [0.1, 0.15) is 10.7 Å². The highest BCUT2D eigenvalue weighted by atomic mass is 79.9. The molecule has 0 spiro atoms. The van der Waals surface area contributed by atoms with Gasteiger partial charge in [0.05, 0.1) is 11.4 Å². The predicted octanol–water partition coefficient (Wildman–Crippen LogP) is 3.48. The van der Waals surface area contributed by atoms with Crippen molar-refractivity contribution in [3.05, 3.63) is 44.8 Å². The van der Waals surface area contributed by atoms with Crippen molar-refractivity contribution in [2.24, 2.45) is 0 Å². The third-order valence-corrected chi connectivity index (χ3v) is 3.70. The maximum atomic E-state index is 13.0. The zero-order valence-electron chi connectivity index (χ0n) is 8.54. The van der Waals surface area contributed by atoms with Gasteiger partial charge in [-0.25, -0.2) is 4.39 Å². The maximum absolute atomic E-state index is 13.0. The molecule has 2 rings (SSSR count). The van der Waals surface area contributed by atoms with Crippen LogP contribution in [0.25, 0.3) is 0 Å². The molecule has 3 N–H and O–H groups in total. The molecule has 17 heavy (non-hydrogen) atoms. The molecule has 1 amide bonds. The largest absolute Gasteiger partial charge is 0.397 e. The summed E-state index contributed by atoms with van der Waals surface area (Å²) in [5.74, 6) is -0.758. The molecule has 1 aromatic carbocycles. The van der Waals surface area contributed by atoms with Gasteiger partial charge in [-0.3, -0.25) is 4.79 Å². The molecule has 0 aliphatic heterocycles. The average Bonchev–Trinajstić information content (AvgIpc) is 2.70. The first-order valence-corrected chi connectivity index (χ1v) is 6.34. The molecule has 0 atom stereocenters. The van der Waals surface area contributed by atoms with Crippen molar-refractivity contribution in [3.63, 3.8) is 0 Å². The molecule has 6 heteroatoms. The predicted molar refractivity (Wildman–Crippen MR) is 70.8 cm³/mol. The third kappa shape index (κ3) is 2.65. The highest BCUT2D eigenvalue weighted by Crippen LogP contribution is 2.25. The zero-order chi connectivity index (χ0) is 12.4. The Balaban J connectivity index is 2.24. The number of rotatable bonds is 2. The molecular formula is C11H8BrFN2OS. The van der Waals surface area contributed by atoms with Gasteiger partial charge in [-0.15, -0.1) is 11.3 Å². The maximum Gasteiger partial charge on any atom is 0.267 e. The summed E-state index contributed by atoms with van der Waals surface area (Å²) in [7, 11) is 0. The highest BCUT2D eigenvalue weighted by Gasteiger charge is 2.13. The minimum absolute atomic E-state index is 0.344. The quantitative estimate of drug-likeness (QED) is 0.891. The van der Waals surface area contributed by atoms with E-state index in [-0.39, 0.29) is 5.91 Å². The smallest absolute Gasteiger partial charge is 0.267 e. The van der Waals surface area contributed by atoms with Gasteiger partial charge in [-0.1, -0.05) is 0 Å². The Morgan fingerprint density at radius 3 is 2.82 bits per heavy atom. The van der Waals surface area contributed by atoms with E-state index in [9.17, 15) is 9.18 Å². The highest BCUT2D eigenvalue weighted by molar-refractivity contribution is 9.10. The van der Waals surface area contributed by atoms with Gasteiger partial charge >= 0.3 is 0 Å². The lowest BCUT2D eigenvalue weighted by Gasteiger charge is -2.06. The standard InChI is InChI=1S/C11H8BrFN2OS/c12-7-2-1-6(13)5-9(7)15-11(16)10-8(14)3-4-17-10/h1-5H,14H2,(H,15,16). The Morgan fingerprint density at radius 2 is 2.18 bits per heavy atom. The van der Waals surface area contributed by atoms with Crippen LogP contribution < -0.4 is 11.1 Å². The number of thiophene rings is 1. The number of nitrogens with two attached hydrogens (primary N) is 1. The van der Waals surface area contributed by atoms with Gasteiger partial charge < -0.3 is 11.1 Å². The molecule has 0 unspecified atom stereocenters. The Labute approximate surface area is 110 Å². The van der Waals surface area contributed by atoms with E-state index < -0.39 is 5.82 Å². The van der Waals surface area contributed by atoms with Gasteiger partial charge in [0.15, 0.2) is 0 Å². The van der Waals surface area contributed by atoms with E-state index in [4.69, 9.17) is 5.73 Å². The van der Waals surface area contributed by atoms with Crippen LogP contribution in [-0.2, 0) is 0 Å².